The van der Waals surface area contributed by atoms with Gasteiger partial charge in [-0.25, -0.2) is 13.3 Å². The predicted octanol–water partition coefficient (Wildman–Crippen LogP) is 4.34. The fourth-order valence-electron chi connectivity index (χ4n) is 4.59. The van der Waals surface area contributed by atoms with Gasteiger partial charge in [-0.15, -0.1) is 5.10 Å². The van der Waals surface area contributed by atoms with E-state index in [2.05, 4.69) is 20.5 Å². The molecule has 0 saturated heterocycles. The average molecular weight is 480 g/mol. The van der Waals surface area contributed by atoms with E-state index in [9.17, 15) is 13.6 Å². The van der Waals surface area contributed by atoms with Crippen molar-refractivity contribution in [2.24, 2.45) is 5.92 Å². The van der Waals surface area contributed by atoms with Crippen molar-refractivity contribution >= 4 is 17.5 Å². The molecule has 1 unspecified atom stereocenters. The highest BCUT2D eigenvalue weighted by Crippen LogP contribution is 2.49. The Morgan fingerprint density at radius 1 is 1.23 bits per heavy atom. The predicted molar refractivity (Wildman–Crippen MR) is 128 cm³/mol. The number of halogens is 2. The molecular formula is C25H27F2N7O. The average Bonchev–Trinajstić information content (AvgIpc) is 3.44. The minimum atomic E-state index is -2.64. The zero-order valence-electron chi connectivity index (χ0n) is 19.5. The lowest BCUT2D eigenvalue weighted by Gasteiger charge is -2.40. The third-order valence-electron chi connectivity index (χ3n) is 6.61. The number of aromatic nitrogens is 5. The number of benzene rings is 1. The van der Waals surface area contributed by atoms with Gasteiger partial charge in [-0.05, 0) is 30.9 Å². The number of carbonyl (C=O) groups excluding carboxylic acids is 1. The number of carbonyl (C=O) groups is 1. The van der Waals surface area contributed by atoms with Gasteiger partial charge in [0, 0.05) is 42.4 Å². The summed E-state index contributed by atoms with van der Waals surface area (Å²) in [6, 6.07) is 11.0. The minimum absolute atomic E-state index is 0.0125. The van der Waals surface area contributed by atoms with Gasteiger partial charge in [-0.3, -0.25) is 9.48 Å². The Balaban J connectivity index is 1.53. The van der Waals surface area contributed by atoms with Crippen molar-refractivity contribution in [1.29, 1.82) is 0 Å². The number of rotatable bonds is 7. The first-order chi connectivity index (χ1) is 16.7. The van der Waals surface area contributed by atoms with Crippen LogP contribution in [-0.2, 0) is 0 Å². The molecule has 10 heteroatoms. The molecule has 3 heterocycles. The smallest absolute Gasteiger partial charge is 0.255 e. The Morgan fingerprint density at radius 3 is 2.66 bits per heavy atom. The van der Waals surface area contributed by atoms with Crippen LogP contribution < -0.4 is 11.1 Å². The maximum Gasteiger partial charge on any atom is 0.255 e. The van der Waals surface area contributed by atoms with Crippen LogP contribution in [0.1, 0.15) is 55.1 Å². The number of alkyl halides is 2. The second-order valence-corrected chi connectivity index (χ2v) is 9.25. The van der Waals surface area contributed by atoms with Crippen LogP contribution in [0.15, 0.2) is 55.0 Å². The molecule has 1 aliphatic carbocycles. The van der Waals surface area contributed by atoms with Crippen LogP contribution in [0.2, 0.25) is 0 Å². The molecule has 35 heavy (non-hydrogen) atoms. The van der Waals surface area contributed by atoms with E-state index in [0.717, 1.165) is 17.5 Å². The number of hydrogen-bond donors (Lipinski definition) is 2. The summed E-state index contributed by atoms with van der Waals surface area (Å²) >= 11 is 0. The third-order valence-corrected chi connectivity index (χ3v) is 6.61. The van der Waals surface area contributed by atoms with E-state index in [1.807, 2.05) is 50.4 Å². The van der Waals surface area contributed by atoms with Gasteiger partial charge in [0.15, 0.2) is 5.65 Å². The number of nitrogens with zero attached hydrogens (tertiary/aromatic N) is 5. The summed E-state index contributed by atoms with van der Waals surface area (Å²) in [4.78, 5) is 17.2. The van der Waals surface area contributed by atoms with Crippen molar-refractivity contribution in [2.45, 2.75) is 51.1 Å². The van der Waals surface area contributed by atoms with Gasteiger partial charge in [0.1, 0.15) is 0 Å². The number of amides is 1. The molecule has 2 atom stereocenters. The molecule has 1 amide bonds. The van der Waals surface area contributed by atoms with E-state index in [0.29, 0.717) is 16.8 Å². The quantitative estimate of drug-likeness (QED) is 0.411. The number of hydrogen-bond acceptors (Lipinski definition) is 5. The van der Waals surface area contributed by atoms with Crippen LogP contribution in [0.25, 0.3) is 16.8 Å². The minimum Gasteiger partial charge on any atom is -0.366 e. The van der Waals surface area contributed by atoms with Crippen LogP contribution in [-0.4, -0.2) is 42.3 Å². The number of anilines is 1. The zero-order valence-corrected chi connectivity index (χ0v) is 19.5. The third kappa shape index (κ3) is 4.48. The van der Waals surface area contributed by atoms with Crippen LogP contribution in [0, 0.1) is 5.92 Å². The lowest BCUT2D eigenvalue weighted by Crippen LogP contribution is -2.41. The molecule has 1 fully saturated rings. The van der Waals surface area contributed by atoms with Crippen LogP contribution in [0.3, 0.4) is 0 Å². The Morgan fingerprint density at radius 2 is 1.97 bits per heavy atom. The number of fused-ring (bicyclic) bond motifs is 1. The van der Waals surface area contributed by atoms with Gasteiger partial charge >= 0.3 is 0 Å². The van der Waals surface area contributed by atoms with Crippen molar-refractivity contribution in [3.63, 3.8) is 0 Å². The lowest BCUT2D eigenvalue weighted by atomic mass is 9.74. The first-order valence-electron chi connectivity index (χ1n) is 11.7. The van der Waals surface area contributed by atoms with Gasteiger partial charge in [0.2, 0.25) is 11.9 Å². The monoisotopic (exact) mass is 479 g/mol. The molecule has 1 saturated carbocycles. The normalized spacial score (nSPS) is 17.1. The molecular weight excluding hydrogens is 452 g/mol. The van der Waals surface area contributed by atoms with Crippen molar-refractivity contribution in [3.8, 4) is 11.1 Å². The highest BCUT2D eigenvalue weighted by Gasteiger charge is 2.49. The van der Waals surface area contributed by atoms with Gasteiger partial charge < -0.3 is 11.1 Å². The molecule has 4 aromatic rings. The summed E-state index contributed by atoms with van der Waals surface area (Å²) < 4.78 is 30.7. The van der Waals surface area contributed by atoms with E-state index in [4.69, 9.17) is 5.73 Å². The lowest BCUT2D eigenvalue weighted by molar-refractivity contribution is -0.120. The fourth-order valence-corrected chi connectivity index (χ4v) is 4.59. The molecule has 0 bridgehead atoms. The van der Waals surface area contributed by atoms with Crippen molar-refractivity contribution in [1.82, 2.24) is 29.7 Å². The Hall–Kier alpha value is -3.82. The highest BCUT2D eigenvalue weighted by atomic mass is 19.3. The maximum atomic E-state index is 13.7. The molecule has 8 nitrogen and oxygen atoms in total. The van der Waals surface area contributed by atoms with E-state index < -0.39 is 5.92 Å². The molecule has 1 aromatic carbocycles. The summed E-state index contributed by atoms with van der Waals surface area (Å²) in [5.74, 6) is -3.08. The Bertz CT molecular complexity index is 1360. The summed E-state index contributed by atoms with van der Waals surface area (Å²) in [5.41, 5.74) is 8.86. The first-order valence-corrected chi connectivity index (χ1v) is 11.7. The van der Waals surface area contributed by atoms with E-state index >= 15 is 0 Å². The van der Waals surface area contributed by atoms with Crippen molar-refractivity contribution < 1.29 is 13.6 Å². The fraction of sp³-hybridized carbons (Fsp3) is 0.360. The van der Waals surface area contributed by atoms with Crippen LogP contribution in [0.4, 0.5) is 14.7 Å². The highest BCUT2D eigenvalue weighted by molar-refractivity contribution is 6.01. The molecule has 3 aromatic heterocycles. The topological polar surface area (TPSA) is 103 Å². The standard InChI is InChI=1S/C25H27F2N7O/c1-3-15(2)30-23(35)20-9-17(13-34-22(20)31-24(28)32-34)19-12-29-33(14-19)21(16-7-5-4-6-8-16)18-10-25(26,27)11-18/h4-9,12-15,18,21H,3,10-11H2,1-2H3,(H2,28,32)(H,30,35)/t15-,21?/m0/s1. The van der Waals surface area contributed by atoms with Gasteiger partial charge in [0.25, 0.3) is 5.91 Å². The van der Waals surface area contributed by atoms with Crippen LogP contribution >= 0.6 is 0 Å². The van der Waals surface area contributed by atoms with Crippen molar-refractivity contribution in [3.05, 3.63) is 66.1 Å². The molecule has 3 N–H and O–H groups in total. The van der Waals surface area contributed by atoms with E-state index in [1.54, 1.807) is 23.1 Å². The SMILES string of the molecule is CC[C@H](C)NC(=O)c1cc(-c2cnn(C(c3ccccc3)C3CC(F)(F)C3)c2)cn2nc(N)nc12. The van der Waals surface area contributed by atoms with E-state index in [-0.39, 0.29) is 42.7 Å². The summed E-state index contributed by atoms with van der Waals surface area (Å²) in [6.45, 7) is 3.91. The molecule has 182 valence electrons. The molecule has 0 spiro atoms. The second-order valence-electron chi connectivity index (χ2n) is 9.25. The summed E-state index contributed by atoms with van der Waals surface area (Å²) in [5, 5.41) is 11.7. The number of nitrogens with one attached hydrogen (secondary N) is 1. The Kier molecular flexibility index (Phi) is 5.74. The van der Waals surface area contributed by atoms with E-state index in [1.165, 1.54) is 4.52 Å². The van der Waals surface area contributed by atoms with Gasteiger partial charge in [-0.1, -0.05) is 37.3 Å². The first kappa shape index (κ1) is 22.9. The summed E-state index contributed by atoms with van der Waals surface area (Å²) in [6.07, 6.45) is 5.66. The van der Waals surface area contributed by atoms with Gasteiger partial charge in [0.05, 0.1) is 17.8 Å². The van der Waals surface area contributed by atoms with Gasteiger partial charge in [-0.2, -0.15) is 10.1 Å². The Labute approximate surface area is 201 Å². The largest absolute Gasteiger partial charge is 0.366 e. The molecule has 0 aliphatic heterocycles. The number of pyridine rings is 1. The number of nitrogen functional groups attached to an aromatic ring is 1. The van der Waals surface area contributed by atoms with Crippen molar-refractivity contribution in [2.75, 3.05) is 5.73 Å². The zero-order chi connectivity index (χ0) is 24.7. The second kappa shape index (κ2) is 8.75. The van der Waals surface area contributed by atoms with Crippen LogP contribution in [0.5, 0.6) is 0 Å². The molecule has 5 rings (SSSR count). The maximum absolute atomic E-state index is 13.7. The number of nitrogens with two attached hydrogens (primary N) is 1. The molecule has 0 radical (unpaired) electrons. The summed E-state index contributed by atoms with van der Waals surface area (Å²) in [7, 11) is 0. The molecule has 1 aliphatic rings.